The number of nitrogens with zero attached hydrogens (tertiary/aromatic N) is 3. The Balaban J connectivity index is 1.83. The highest BCUT2D eigenvalue weighted by Crippen LogP contribution is 2.34. The maximum Gasteiger partial charge on any atom is 0.165 e. The van der Waals surface area contributed by atoms with Crippen molar-refractivity contribution in [2.75, 3.05) is 13.2 Å². The third-order valence-corrected chi connectivity index (χ3v) is 5.52. The Labute approximate surface area is 171 Å². The summed E-state index contributed by atoms with van der Waals surface area (Å²) in [6.07, 6.45) is 6.44. The molecule has 6 nitrogen and oxygen atoms in total. The molecular formula is C22H30FN3O3. The Morgan fingerprint density at radius 3 is 2.83 bits per heavy atom. The summed E-state index contributed by atoms with van der Waals surface area (Å²) in [5, 5.41) is 28.8. The zero-order valence-corrected chi connectivity index (χ0v) is 17.0. The van der Waals surface area contributed by atoms with Crippen LogP contribution in [0, 0.1) is 11.7 Å². The fourth-order valence-electron chi connectivity index (χ4n) is 3.34. The van der Waals surface area contributed by atoms with Gasteiger partial charge in [0.15, 0.2) is 11.6 Å². The Hall–Kier alpha value is -2.25. The lowest BCUT2D eigenvalue weighted by atomic mass is 9.90. The van der Waals surface area contributed by atoms with E-state index in [1.165, 1.54) is 6.07 Å². The number of ether oxygens (including phenoxy) is 1. The van der Waals surface area contributed by atoms with Gasteiger partial charge in [-0.05, 0) is 68.2 Å². The normalized spacial score (nSPS) is 15.9. The van der Waals surface area contributed by atoms with Crippen LogP contribution in [-0.2, 0) is 18.6 Å². The van der Waals surface area contributed by atoms with Crippen molar-refractivity contribution in [3.63, 3.8) is 0 Å². The summed E-state index contributed by atoms with van der Waals surface area (Å²) in [6.45, 7) is 6.48. The van der Waals surface area contributed by atoms with E-state index in [0.29, 0.717) is 43.0 Å². The molecule has 1 atom stereocenters. The van der Waals surface area contributed by atoms with E-state index in [4.69, 9.17) is 9.84 Å². The molecule has 0 amide bonds. The molecule has 1 aliphatic carbocycles. The Kier molecular flexibility index (Phi) is 7.03. The molecule has 0 saturated heterocycles. The molecule has 7 heteroatoms. The van der Waals surface area contributed by atoms with Gasteiger partial charge in [-0.15, -0.1) is 5.10 Å². The lowest BCUT2D eigenvalue weighted by Gasteiger charge is -2.28. The third-order valence-electron chi connectivity index (χ3n) is 5.52. The van der Waals surface area contributed by atoms with Gasteiger partial charge in [0.2, 0.25) is 0 Å². The van der Waals surface area contributed by atoms with E-state index in [-0.39, 0.29) is 18.9 Å². The van der Waals surface area contributed by atoms with Gasteiger partial charge >= 0.3 is 0 Å². The highest BCUT2D eigenvalue weighted by atomic mass is 19.1. The van der Waals surface area contributed by atoms with E-state index in [2.05, 4.69) is 16.9 Å². The largest absolute Gasteiger partial charge is 0.490 e. The summed E-state index contributed by atoms with van der Waals surface area (Å²) >= 11 is 0. The van der Waals surface area contributed by atoms with Gasteiger partial charge in [0.1, 0.15) is 11.3 Å². The smallest absolute Gasteiger partial charge is 0.165 e. The van der Waals surface area contributed by atoms with Gasteiger partial charge in [0.25, 0.3) is 0 Å². The first-order valence-corrected chi connectivity index (χ1v) is 10.3. The maximum atomic E-state index is 14.2. The summed E-state index contributed by atoms with van der Waals surface area (Å²) < 4.78 is 21.5. The summed E-state index contributed by atoms with van der Waals surface area (Å²) in [5.41, 5.74) is 0.884. The second-order valence-electron chi connectivity index (χ2n) is 7.75. The second kappa shape index (κ2) is 9.50. The molecule has 0 bridgehead atoms. The number of aliphatic hydroxyl groups is 2. The molecule has 1 aromatic carbocycles. The quantitative estimate of drug-likeness (QED) is 0.531. The van der Waals surface area contributed by atoms with Crippen molar-refractivity contribution in [1.82, 2.24) is 15.0 Å². The van der Waals surface area contributed by atoms with Crippen LogP contribution < -0.4 is 4.74 Å². The van der Waals surface area contributed by atoms with E-state index < -0.39 is 11.4 Å². The monoisotopic (exact) mass is 403 g/mol. The van der Waals surface area contributed by atoms with Gasteiger partial charge in [-0.3, -0.25) is 0 Å². The fourth-order valence-corrected chi connectivity index (χ4v) is 3.34. The second-order valence-corrected chi connectivity index (χ2v) is 7.75. The zero-order valence-electron chi connectivity index (χ0n) is 17.0. The molecule has 0 unspecified atom stereocenters. The molecule has 2 aromatic rings. The van der Waals surface area contributed by atoms with Crippen molar-refractivity contribution >= 4 is 6.08 Å². The van der Waals surface area contributed by atoms with E-state index in [0.717, 1.165) is 25.0 Å². The Morgan fingerprint density at radius 1 is 1.38 bits per heavy atom. The number of rotatable bonds is 12. The standard InChI is InChI=1S/C22H30FN3O3/c1-3-19-20(7-5-6-12-27)26(25-24-19)15-22(28,4-2)17-10-11-18(23)21(13-17)29-14-16-8-9-16/h3,10-11,13,16,27-28H,1,4-9,12,14-15H2,2H3/t22-/m1/s1. The molecule has 29 heavy (non-hydrogen) atoms. The number of benzene rings is 1. The summed E-state index contributed by atoms with van der Waals surface area (Å²) in [5.74, 6) is 0.263. The number of halogens is 1. The Bertz CT molecular complexity index is 835. The van der Waals surface area contributed by atoms with Gasteiger partial charge in [-0.25, -0.2) is 9.07 Å². The van der Waals surface area contributed by atoms with E-state index >= 15 is 0 Å². The highest BCUT2D eigenvalue weighted by molar-refractivity contribution is 5.44. The van der Waals surface area contributed by atoms with Crippen LogP contribution in [0.5, 0.6) is 5.75 Å². The van der Waals surface area contributed by atoms with Crippen LogP contribution in [0.2, 0.25) is 0 Å². The lowest BCUT2D eigenvalue weighted by molar-refractivity contribution is 0.00939. The first-order valence-electron chi connectivity index (χ1n) is 10.3. The molecule has 3 rings (SSSR count). The molecule has 1 heterocycles. The van der Waals surface area contributed by atoms with Crippen LogP contribution in [0.4, 0.5) is 4.39 Å². The number of aromatic nitrogens is 3. The molecule has 1 fully saturated rings. The minimum Gasteiger partial charge on any atom is -0.490 e. The first kappa shape index (κ1) is 21.5. The molecule has 1 aromatic heterocycles. The number of unbranched alkanes of at least 4 members (excludes halogenated alkanes) is 1. The van der Waals surface area contributed by atoms with E-state index in [1.54, 1.807) is 22.9 Å². The molecule has 0 aliphatic heterocycles. The SMILES string of the molecule is C=Cc1nnn(C[C@](O)(CC)c2ccc(F)c(OCC3CC3)c2)c1CCCCO. The van der Waals surface area contributed by atoms with Crippen molar-refractivity contribution in [3.8, 4) is 5.75 Å². The molecule has 1 aliphatic rings. The summed E-state index contributed by atoms with van der Waals surface area (Å²) in [6, 6.07) is 4.54. The minimum atomic E-state index is -1.25. The predicted octanol–water partition coefficient (Wildman–Crippen LogP) is 3.46. The topological polar surface area (TPSA) is 80.4 Å². The zero-order chi connectivity index (χ0) is 20.9. The molecule has 0 radical (unpaired) electrons. The molecule has 158 valence electrons. The van der Waals surface area contributed by atoms with Gasteiger partial charge < -0.3 is 14.9 Å². The average Bonchev–Trinajstić information content (AvgIpc) is 3.48. The fraction of sp³-hybridized carbons (Fsp3) is 0.545. The number of aliphatic hydroxyl groups excluding tert-OH is 1. The molecule has 2 N–H and O–H groups in total. The van der Waals surface area contributed by atoms with Crippen molar-refractivity contribution in [1.29, 1.82) is 0 Å². The summed E-state index contributed by atoms with van der Waals surface area (Å²) in [4.78, 5) is 0. The van der Waals surface area contributed by atoms with Crippen LogP contribution in [-0.4, -0.2) is 38.4 Å². The summed E-state index contributed by atoms with van der Waals surface area (Å²) in [7, 11) is 0. The van der Waals surface area contributed by atoms with Crippen molar-refractivity contribution in [2.24, 2.45) is 5.92 Å². The van der Waals surface area contributed by atoms with E-state index in [9.17, 15) is 9.50 Å². The van der Waals surface area contributed by atoms with Crippen molar-refractivity contribution in [3.05, 3.63) is 47.5 Å². The van der Waals surface area contributed by atoms with E-state index in [1.807, 2.05) is 6.92 Å². The van der Waals surface area contributed by atoms with Gasteiger partial charge in [-0.2, -0.15) is 0 Å². The highest BCUT2D eigenvalue weighted by Gasteiger charge is 2.31. The predicted molar refractivity (Wildman–Crippen MR) is 109 cm³/mol. The van der Waals surface area contributed by atoms with Crippen LogP contribution in [0.15, 0.2) is 24.8 Å². The van der Waals surface area contributed by atoms with Crippen molar-refractivity contribution in [2.45, 2.75) is 57.6 Å². The maximum absolute atomic E-state index is 14.2. The molecule has 0 spiro atoms. The number of hydrogen-bond donors (Lipinski definition) is 2. The third kappa shape index (κ3) is 5.22. The molecule has 1 saturated carbocycles. The first-order chi connectivity index (χ1) is 14.0. The van der Waals surface area contributed by atoms with Crippen LogP contribution in [0.25, 0.3) is 6.08 Å². The van der Waals surface area contributed by atoms with Crippen LogP contribution in [0.1, 0.15) is 56.0 Å². The lowest BCUT2D eigenvalue weighted by Crippen LogP contribution is -2.32. The van der Waals surface area contributed by atoms with Gasteiger partial charge in [0, 0.05) is 6.61 Å². The van der Waals surface area contributed by atoms with Crippen LogP contribution in [0.3, 0.4) is 0 Å². The Morgan fingerprint density at radius 2 is 2.17 bits per heavy atom. The van der Waals surface area contributed by atoms with Crippen molar-refractivity contribution < 1.29 is 19.3 Å². The van der Waals surface area contributed by atoms with Gasteiger partial charge in [-0.1, -0.05) is 24.8 Å². The van der Waals surface area contributed by atoms with Crippen LogP contribution >= 0.6 is 0 Å². The minimum absolute atomic E-state index is 0.128. The van der Waals surface area contributed by atoms with Gasteiger partial charge in [0.05, 0.1) is 18.8 Å². The number of hydrogen-bond acceptors (Lipinski definition) is 5. The molecular weight excluding hydrogens is 373 g/mol. The average molecular weight is 403 g/mol.